The summed E-state index contributed by atoms with van der Waals surface area (Å²) in [6.45, 7) is 1.35. The van der Waals surface area contributed by atoms with E-state index in [-0.39, 0.29) is 41.4 Å². The summed E-state index contributed by atoms with van der Waals surface area (Å²) in [5.41, 5.74) is -1.08. The molecule has 37 heavy (non-hydrogen) atoms. The van der Waals surface area contributed by atoms with Gasteiger partial charge in [0.2, 0.25) is 5.82 Å². The quantitative estimate of drug-likeness (QED) is 0.465. The molecule has 0 aliphatic carbocycles. The van der Waals surface area contributed by atoms with Gasteiger partial charge >= 0.3 is 6.18 Å². The summed E-state index contributed by atoms with van der Waals surface area (Å²) in [5.74, 6) is -4.81. The maximum atomic E-state index is 14.8. The summed E-state index contributed by atoms with van der Waals surface area (Å²) in [5, 5.41) is 6.69. The second-order valence-corrected chi connectivity index (χ2v) is 11.0. The molecular weight excluding hydrogens is 529 g/mol. The average Bonchev–Trinajstić information content (AvgIpc) is 3.26. The van der Waals surface area contributed by atoms with Crippen LogP contribution in [0.4, 0.5) is 22.0 Å². The van der Waals surface area contributed by atoms with Crippen LogP contribution in [0, 0.1) is 18.6 Å². The normalized spacial score (nSPS) is 16.9. The standard InChI is InChI=1S/C21H20F5N5O5S/c1-11-14(36-19-15(7-12(22)9-27-19)35-10-21(24,25)26)8-13(23)17-28-16(30-31(11)17)18(32)29-20(2)3-5-37(33,34)6-4-20/h7-9H,3-6,10H2,1-2H3,(H,29,32). The molecule has 1 N–H and O–H groups in total. The maximum Gasteiger partial charge on any atom is 0.422 e. The van der Waals surface area contributed by atoms with E-state index >= 15 is 0 Å². The Labute approximate surface area is 206 Å². The van der Waals surface area contributed by atoms with Crippen molar-refractivity contribution >= 4 is 21.4 Å². The van der Waals surface area contributed by atoms with Crippen LogP contribution in [0.5, 0.6) is 17.4 Å². The maximum absolute atomic E-state index is 14.8. The monoisotopic (exact) mass is 549 g/mol. The number of sulfone groups is 1. The van der Waals surface area contributed by atoms with Crippen molar-refractivity contribution in [2.75, 3.05) is 18.1 Å². The van der Waals surface area contributed by atoms with E-state index in [2.05, 4.69) is 25.1 Å². The van der Waals surface area contributed by atoms with E-state index in [1.54, 1.807) is 6.92 Å². The minimum absolute atomic E-state index is 0.0887. The van der Waals surface area contributed by atoms with E-state index < -0.39 is 63.2 Å². The number of nitrogens with one attached hydrogen (secondary N) is 1. The number of rotatable bonds is 6. The number of fused-ring (bicyclic) bond motifs is 1. The number of aromatic nitrogens is 4. The number of nitrogens with zero attached hydrogens (tertiary/aromatic N) is 4. The first-order valence-electron chi connectivity index (χ1n) is 10.8. The molecule has 4 heterocycles. The fourth-order valence-corrected chi connectivity index (χ4v) is 5.31. The van der Waals surface area contributed by atoms with Crippen molar-refractivity contribution in [3.63, 3.8) is 0 Å². The van der Waals surface area contributed by atoms with Gasteiger partial charge in [-0.3, -0.25) is 4.79 Å². The Morgan fingerprint density at radius 1 is 1.19 bits per heavy atom. The summed E-state index contributed by atoms with van der Waals surface area (Å²) in [6.07, 6.45) is -3.67. The van der Waals surface area contributed by atoms with Crippen LogP contribution in [0.1, 0.15) is 36.1 Å². The third-order valence-electron chi connectivity index (χ3n) is 5.68. The number of halogens is 5. The molecular formula is C21H20F5N5O5S. The smallest absolute Gasteiger partial charge is 0.422 e. The van der Waals surface area contributed by atoms with Crippen LogP contribution in [-0.4, -0.2) is 63.7 Å². The Morgan fingerprint density at radius 2 is 1.86 bits per heavy atom. The minimum Gasteiger partial charge on any atom is -0.478 e. The summed E-state index contributed by atoms with van der Waals surface area (Å²) < 4.78 is 100. The molecule has 0 spiro atoms. The van der Waals surface area contributed by atoms with Gasteiger partial charge < -0.3 is 14.8 Å². The topological polar surface area (TPSA) is 125 Å². The number of hydrogen-bond donors (Lipinski definition) is 1. The molecule has 200 valence electrons. The lowest BCUT2D eigenvalue weighted by molar-refractivity contribution is -0.153. The molecule has 16 heteroatoms. The first-order chi connectivity index (χ1) is 17.1. The van der Waals surface area contributed by atoms with E-state index in [1.165, 1.54) is 6.92 Å². The number of pyridine rings is 2. The molecule has 1 aliphatic rings. The number of hydrogen-bond acceptors (Lipinski definition) is 8. The highest BCUT2D eigenvalue weighted by molar-refractivity contribution is 7.91. The van der Waals surface area contributed by atoms with Crippen molar-refractivity contribution in [1.82, 2.24) is 24.9 Å². The molecule has 1 fully saturated rings. The van der Waals surface area contributed by atoms with E-state index in [9.17, 15) is 35.2 Å². The van der Waals surface area contributed by atoms with Gasteiger partial charge in [-0.25, -0.2) is 26.7 Å². The lowest BCUT2D eigenvalue weighted by atomic mass is 9.95. The van der Waals surface area contributed by atoms with Crippen molar-refractivity contribution in [3.8, 4) is 17.4 Å². The number of ether oxygens (including phenoxy) is 2. The summed E-state index contributed by atoms with van der Waals surface area (Å²) >= 11 is 0. The zero-order valence-corrected chi connectivity index (χ0v) is 20.2. The van der Waals surface area contributed by atoms with Gasteiger partial charge in [-0.15, -0.1) is 5.10 Å². The molecule has 4 rings (SSSR count). The highest BCUT2D eigenvalue weighted by Crippen LogP contribution is 2.33. The van der Waals surface area contributed by atoms with Crippen molar-refractivity contribution in [2.45, 2.75) is 38.4 Å². The van der Waals surface area contributed by atoms with Crippen LogP contribution in [0.25, 0.3) is 5.65 Å². The summed E-state index contributed by atoms with van der Waals surface area (Å²) in [4.78, 5) is 20.3. The number of carbonyl (C=O) groups excluding carboxylic acids is 1. The molecule has 0 radical (unpaired) electrons. The fraction of sp³-hybridized carbons (Fsp3) is 0.429. The number of carbonyl (C=O) groups is 1. The third kappa shape index (κ3) is 6.06. The number of aryl methyl sites for hydroxylation is 1. The first kappa shape index (κ1) is 26.5. The molecule has 3 aromatic rings. The van der Waals surface area contributed by atoms with Gasteiger partial charge in [-0.05, 0) is 26.7 Å². The number of alkyl halides is 3. The highest BCUT2D eigenvalue weighted by atomic mass is 32.2. The molecule has 0 aromatic carbocycles. The van der Waals surface area contributed by atoms with E-state index in [0.717, 1.165) is 10.6 Å². The predicted molar refractivity (Wildman–Crippen MR) is 117 cm³/mol. The molecule has 1 aliphatic heterocycles. The molecule has 0 bridgehead atoms. The van der Waals surface area contributed by atoms with Crippen LogP contribution < -0.4 is 14.8 Å². The average molecular weight is 549 g/mol. The SMILES string of the molecule is Cc1c(Oc2ncc(F)cc2OCC(F)(F)F)cc(F)c2nc(C(=O)NC3(C)CCS(=O)(=O)CC3)nn12. The van der Waals surface area contributed by atoms with Gasteiger partial charge in [0.1, 0.15) is 15.7 Å². The van der Waals surface area contributed by atoms with Crippen LogP contribution in [0.2, 0.25) is 0 Å². The lowest BCUT2D eigenvalue weighted by Gasteiger charge is -2.33. The highest BCUT2D eigenvalue weighted by Gasteiger charge is 2.36. The van der Waals surface area contributed by atoms with Crippen molar-refractivity contribution in [1.29, 1.82) is 0 Å². The Bertz CT molecular complexity index is 1460. The molecule has 3 aromatic heterocycles. The van der Waals surface area contributed by atoms with E-state index in [0.29, 0.717) is 12.3 Å². The molecule has 10 nitrogen and oxygen atoms in total. The van der Waals surface area contributed by atoms with Crippen molar-refractivity contribution in [3.05, 3.63) is 41.5 Å². The van der Waals surface area contributed by atoms with Gasteiger partial charge in [-0.2, -0.15) is 18.2 Å². The Hall–Kier alpha value is -3.56. The van der Waals surface area contributed by atoms with Gasteiger partial charge in [0.15, 0.2) is 29.6 Å². The van der Waals surface area contributed by atoms with Gasteiger partial charge in [0, 0.05) is 17.7 Å². The molecule has 0 saturated carbocycles. The zero-order valence-electron chi connectivity index (χ0n) is 19.4. The van der Waals surface area contributed by atoms with Crippen LogP contribution in [0.3, 0.4) is 0 Å². The molecule has 0 unspecified atom stereocenters. The molecule has 1 saturated heterocycles. The van der Waals surface area contributed by atoms with Crippen LogP contribution in [0.15, 0.2) is 18.3 Å². The summed E-state index contributed by atoms with van der Waals surface area (Å²) in [6, 6.07) is 1.49. The fourth-order valence-electron chi connectivity index (χ4n) is 3.58. The van der Waals surface area contributed by atoms with Gasteiger partial charge in [-0.1, -0.05) is 0 Å². The second kappa shape index (κ2) is 9.39. The molecule has 0 atom stereocenters. The van der Waals surface area contributed by atoms with Gasteiger partial charge in [0.05, 0.1) is 23.4 Å². The second-order valence-electron chi connectivity index (χ2n) is 8.74. The predicted octanol–water partition coefficient (Wildman–Crippen LogP) is 3.14. The van der Waals surface area contributed by atoms with E-state index in [4.69, 9.17) is 4.74 Å². The largest absolute Gasteiger partial charge is 0.478 e. The minimum atomic E-state index is -4.72. The van der Waals surface area contributed by atoms with Crippen molar-refractivity contribution in [2.24, 2.45) is 0 Å². The Balaban J connectivity index is 1.60. The van der Waals surface area contributed by atoms with Crippen LogP contribution in [-0.2, 0) is 9.84 Å². The summed E-state index contributed by atoms with van der Waals surface area (Å²) in [7, 11) is -3.17. The molecule has 1 amide bonds. The Morgan fingerprint density at radius 3 is 2.51 bits per heavy atom. The Kier molecular flexibility index (Phi) is 6.73. The van der Waals surface area contributed by atoms with Crippen LogP contribution >= 0.6 is 0 Å². The zero-order chi connectivity index (χ0) is 27.2. The lowest BCUT2D eigenvalue weighted by Crippen LogP contribution is -2.51. The first-order valence-corrected chi connectivity index (χ1v) is 12.6. The number of amides is 1. The third-order valence-corrected chi connectivity index (χ3v) is 7.34. The van der Waals surface area contributed by atoms with E-state index in [1.807, 2.05) is 0 Å². The van der Waals surface area contributed by atoms with Crippen molar-refractivity contribution < 1.29 is 44.6 Å². The van der Waals surface area contributed by atoms with Gasteiger partial charge in [0.25, 0.3) is 11.8 Å².